The molecule has 0 atom stereocenters. The molecule has 0 aliphatic heterocycles. The van der Waals surface area contributed by atoms with Crippen molar-refractivity contribution in [3.63, 3.8) is 0 Å². The molecule has 0 amide bonds. The number of aldehydes is 1. The van der Waals surface area contributed by atoms with Crippen molar-refractivity contribution in [2.75, 3.05) is 0 Å². The van der Waals surface area contributed by atoms with Gasteiger partial charge in [0.25, 0.3) is 0 Å². The van der Waals surface area contributed by atoms with Gasteiger partial charge in [-0.2, -0.15) is 26.3 Å². The zero-order valence-electron chi connectivity index (χ0n) is 14.0. The fourth-order valence-electron chi connectivity index (χ4n) is 3.47. The van der Waals surface area contributed by atoms with E-state index in [0.717, 1.165) is 6.07 Å². The molecule has 0 aromatic heterocycles. The zero-order chi connectivity index (χ0) is 19.8. The van der Waals surface area contributed by atoms with Crippen molar-refractivity contribution >= 4 is 17.1 Å². The van der Waals surface area contributed by atoms with Gasteiger partial charge in [0.05, 0.1) is 12.0 Å². The average molecular weight is 390 g/mol. The third-order valence-electron chi connectivity index (χ3n) is 4.86. The lowest BCUT2D eigenvalue weighted by molar-refractivity contribution is -0.185. The Labute approximate surface area is 151 Å². The van der Waals surface area contributed by atoms with Crippen LogP contribution in [0.15, 0.2) is 30.3 Å². The van der Waals surface area contributed by atoms with Gasteiger partial charge in [0.1, 0.15) is 17.6 Å². The third kappa shape index (κ3) is 4.20. The molecule has 0 unspecified atom stereocenters. The standard InChI is InChI=1S/C19H16F6O2/c20-18(21,22)13-4-6-14(7-5-13)27-16-8-3-12-2-1-11(10-26)9-15(12)17(16)19(23,24)25/h1-3,8-10,13-14H,4-7H2/t13-,14+. The van der Waals surface area contributed by atoms with Crippen LogP contribution in [0.3, 0.4) is 0 Å². The van der Waals surface area contributed by atoms with E-state index in [2.05, 4.69) is 0 Å². The number of alkyl halides is 6. The molecular weight excluding hydrogens is 374 g/mol. The molecule has 0 heterocycles. The van der Waals surface area contributed by atoms with Gasteiger partial charge in [0.15, 0.2) is 0 Å². The Hall–Kier alpha value is -2.25. The highest BCUT2D eigenvalue weighted by molar-refractivity contribution is 5.92. The number of benzene rings is 2. The molecule has 27 heavy (non-hydrogen) atoms. The van der Waals surface area contributed by atoms with E-state index < -0.39 is 35.7 Å². The number of rotatable bonds is 3. The number of fused-ring (bicyclic) bond motifs is 1. The molecule has 1 aliphatic carbocycles. The molecule has 0 bridgehead atoms. The van der Waals surface area contributed by atoms with Crippen molar-refractivity contribution in [1.29, 1.82) is 0 Å². The first-order chi connectivity index (χ1) is 12.6. The molecule has 0 spiro atoms. The summed E-state index contributed by atoms with van der Waals surface area (Å²) in [6.45, 7) is 0. The molecule has 3 rings (SSSR count). The summed E-state index contributed by atoms with van der Waals surface area (Å²) in [4.78, 5) is 10.9. The van der Waals surface area contributed by atoms with Gasteiger partial charge in [0, 0.05) is 5.56 Å². The Bertz CT molecular complexity index is 832. The van der Waals surface area contributed by atoms with Crippen LogP contribution in [0, 0.1) is 5.92 Å². The summed E-state index contributed by atoms with van der Waals surface area (Å²) in [6.07, 6.45) is -9.56. The minimum atomic E-state index is -4.74. The molecule has 146 valence electrons. The second-order valence-corrected chi connectivity index (χ2v) is 6.67. The second kappa shape index (κ2) is 7.05. The van der Waals surface area contributed by atoms with Crippen LogP contribution in [0.5, 0.6) is 5.75 Å². The van der Waals surface area contributed by atoms with E-state index in [4.69, 9.17) is 4.74 Å². The monoisotopic (exact) mass is 390 g/mol. The van der Waals surface area contributed by atoms with Crippen molar-refractivity contribution in [3.05, 3.63) is 41.5 Å². The maximum absolute atomic E-state index is 13.7. The van der Waals surface area contributed by atoms with Crippen LogP contribution in [0.25, 0.3) is 10.8 Å². The number of carbonyl (C=O) groups excluding carboxylic acids is 1. The predicted molar refractivity (Wildman–Crippen MR) is 86.8 cm³/mol. The van der Waals surface area contributed by atoms with Crippen molar-refractivity contribution < 1.29 is 35.9 Å². The number of hydrogen-bond donors (Lipinski definition) is 0. The largest absolute Gasteiger partial charge is 0.490 e. The van der Waals surface area contributed by atoms with E-state index in [0.29, 0.717) is 11.7 Å². The SMILES string of the molecule is O=Cc1ccc2ccc(O[C@H]3CC[C@@H](C(F)(F)F)CC3)c(C(F)(F)F)c2c1. The number of hydrogen-bond acceptors (Lipinski definition) is 2. The van der Waals surface area contributed by atoms with E-state index in [9.17, 15) is 31.1 Å². The lowest BCUT2D eigenvalue weighted by Crippen LogP contribution is -2.32. The Morgan fingerprint density at radius 1 is 0.926 bits per heavy atom. The van der Waals surface area contributed by atoms with Crippen molar-refractivity contribution in [1.82, 2.24) is 0 Å². The molecule has 2 aromatic rings. The van der Waals surface area contributed by atoms with Gasteiger partial charge < -0.3 is 4.74 Å². The molecule has 0 radical (unpaired) electrons. The Morgan fingerprint density at radius 3 is 2.11 bits per heavy atom. The number of halogens is 6. The van der Waals surface area contributed by atoms with Crippen LogP contribution in [-0.4, -0.2) is 18.6 Å². The summed E-state index contributed by atoms with van der Waals surface area (Å²) in [5, 5.41) is 0.120. The first-order valence-electron chi connectivity index (χ1n) is 8.42. The molecule has 1 fully saturated rings. The van der Waals surface area contributed by atoms with Crippen LogP contribution in [-0.2, 0) is 6.18 Å². The fourth-order valence-corrected chi connectivity index (χ4v) is 3.47. The molecule has 2 nitrogen and oxygen atoms in total. The smallest absolute Gasteiger partial charge is 0.420 e. The highest BCUT2D eigenvalue weighted by Crippen LogP contribution is 2.44. The maximum Gasteiger partial charge on any atom is 0.420 e. The van der Waals surface area contributed by atoms with Gasteiger partial charge in [-0.05, 0) is 48.6 Å². The minimum Gasteiger partial charge on any atom is -0.490 e. The Morgan fingerprint density at radius 2 is 1.56 bits per heavy atom. The second-order valence-electron chi connectivity index (χ2n) is 6.67. The fraction of sp³-hybridized carbons (Fsp3) is 0.421. The quantitative estimate of drug-likeness (QED) is 0.463. The first-order valence-corrected chi connectivity index (χ1v) is 8.42. The Balaban J connectivity index is 1.92. The molecule has 1 saturated carbocycles. The van der Waals surface area contributed by atoms with Crippen LogP contribution in [0.2, 0.25) is 0 Å². The molecule has 1 aliphatic rings. The highest BCUT2D eigenvalue weighted by Gasteiger charge is 2.42. The van der Waals surface area contributed by atoms with Crippen LogP contribution in [0.4, 0.5) is 26.3 Å². The first kappa shape index (κ1) is 19.5. The lowest BCUT2D eigenvalue weighted by atomic mass is 9.87. The summed E-state index contributed by atoms with van der Waals surface area (Å²) in [5.74, 6) is -1.86. The van der Waals surface area contributed by atoms with Gasteiger partial charge >= 0.3 is 12.4 Å². The van der Waals surface area contributed by atoms with Crippen molar-refractivity contribution in [3.8, 4) is 5.75 Å². The van der Waals surface area contributed by atoms with E-state index in [1.165, 1.54) is 24.3 Å². The summed E-state index contributed by atoms with van der Waals surface area (Å²) in [5.41, 5.74) is -0.919. The van der Waals surface area contributed by atoms with E-state index in [1.807, 2.05) is 0 Å². The summed E-state index contributed by atoms with van der Waals surface area (Å²) in [6, 6.07) is 6.58. The molecule has 8 heteroatoms. The topological polar surface area (TPSA) is 26.3 Å². The number of ether oxygens (including phenoxy) is 1. The number of carbonyl (C=O) groups is 1. The normalized spacial score (nSPS) is 21.3. The third-order valence-corrected chi connectivity index (χ3v) is 4.86. The molecule has 0 saturated heterocycles. The van der Waals surface area contributed by atoms with E-state index in [-0.39, 0.29) is 36.6 Å². The Kier molecular flexibility index (Phi) is 5.10. The van der Waals surface area contributed by atoms with Gasteiger partial charge in [0.2, 0.25) is 0 Å². The van der Waals surface area contributed by atoms with Crippen molar-refractivity contribution in [2.45, 2.75) is 44.1 Å². The summed E-state index contributed by atoms with van der Waals surface area (Å²) < 4.78 is 84.7. The maximum atomic E-state index is 13.7. The van der Waals surface area contributed by atoms with Crippen LogP contribution >= 0.6 is 0 Å². The van der Waals surface area contributed by atoms with E-state index in [1.54, 1.807) is 0 Å². The average Bonchev–Trinajstić information content (AvgIpc) is 2.59. The van der Waals surface area contributed by atoms with E-state index >= 15 is 0 Å². The highest BCUT2D eigenvalue weighted by atomic mass is 19.4. The van der Waals surface area contributed by atoms with Crippen LogP contribution < -0.4 is 4.74 Å². The lowest BCUT2D eigenvalue weighted by Gasteiger charge is -2.31. The van der Waals surface area contributed by atoms with Gasteiger partial charge in [-0.15, -0.1) is 0 Å². The minimum absolute atomic E-state index is 0.0356. The summed E-state index contributed by atoms with van der Waals surface area (Å²) in [7, 11) is 0. The van der Waals surface area contributed by atoms with Gasteiger partial charge in [-0.1, -0.05) is 18.2 Å². The van der Waals surface area contributed by atoms with Gasteiger partial charge in [-0.3, -0.25) is 4.79 Å². The molecule has 2 aromatic carbocycles. The summed E-state index contributed by atoms with van der Waals surface area (Å²) >= 11 is 0. The zero-order valence-corrected chi connectivity index (χ0v) is 14.0. The molecule has 0 N–H and O–H groups in total. The van der Waals surface area contributed by atoms with Gasteiger partial charge in [-0.25, -0.2) is 0 Å². The molecular formula is C19H16F6O2. The predicted octanol–water partition coefficient (Wildman–Crippen LogP) is 6.17. The van der Waals surface area contributed by atoms with Crippen molar-refractivity contribution in [2.24, 2.45) is 5.92 Å². The van der Waals surface area contributed by atoms with Crippen LogP contribution in [0.1, 0.15) is 41.6 Å².